The highest BCUT2D eigenvalue weighted by Gasteiger charge is 2.39. The van der Waals surface area contributed by atoms with E-state index in [2.05, 4.69) is 27.1 Å². The molecule has 3 aliphatic rings. The minimum absolute atomic E-state index is 0.0869. The summed E-state index contributed by atoms with van der Waals surface area (Å²) in [7, 11) is 0. The van der Waals surface area contributed by atoms with E-state index in [1.54, 1.807) is 0 Å². The molecule has 140 valence electrons. The maximum Gasteiger partial charge on any atom is 0.233 e. The van der Waals surface area contributed by atoms with Gasteiger partial charge in [0.25, 0.3) is 0 Å². The fourth-order valence-corrected chi connectivity index (χ4v) is 4.51. The van der Waals surface area contributed by atoms with Gasteiger partial charge in [-0.15, -0.1) is 0 Å². The second-order valence-electron chi connectivity index (χ2n) is 8.64. The van der Waals surface area contributed by atoms with Crippen LogP contribution in [-0.2, 0) is 12.0 Å². The molecule has 0 aromatic carbocycles. The topological polar surface area (TPSA) is 81.1 Å². The minimum atomic E-state index is -0.0869. The van der Waals surface area contributed by atoms with Crippen molar-refractivity contribution in [1.29, 1.82) is 0 Å². The number of likely N-dealkylation sites (tertiary alicyclic amines) is 1. The van der Waals surface area contributed by atoms with Crippen molar-refractivity contribution >= 4 is 0 Å². The van der Waals surface area contributed by atoms with Crippen molar-refractivity contribution in [2.24, 2.45) is 0 Å². The number of aromatic nitrogens is 4. The summed E-state index contributed by atoms with van der Waals surface area (Å²) in [6, 6.07) is 0. The monoisotopic (exact) mass is 357 g/mol. The second-order valence-corrected chi connectivity index (χ2v) is 8.64. The Balaban J connectivity index is 1.26. The fraction of sp³-hybridized carbons (Fsp3) is 0.789. The minimum Gasteiger partial charge on any atom is -0.339 e. The van der Waals surface area contributed by atoms with Crippen LogP contribution in [0.5, 0.6) is 0 Å². The first-order valence-corrected chi connectivity index (χ1v) is 10.1. The van der Waals surface area contributed by atoms with E-state index in [9.17, 15) is 0 Å². The average Bonchev–Trinajstić information content (AvgIpc) is 3.09. The van der Waals surface area contributed by atoms with E-state index in [-0.39, 0.29) is 5.41 Å². The van der Waals surface area contributed by atoms with Gasteiger partial charge in [-0.2, -0.15) is 9.97 Å². The van der Waals surface area contributed by atoms with Crippen LogP contribution in [0.2, 0.25) is 0 Å². The number of hydrogen-bond donors (Lipinski definition) is 0. The zero-order valence-corrected chi connectivity index (χ0v) is 15.5. The lowest BCUT2D eigenvalue weighted by molar-refractivity contribution is 0.121. The molecule has 5 rings (SSSR count). The molecule has 1 atom stereocenters. The SMILES string of the molecule is C[C@]1(c2nc(C3CC3)no2)CCCN(Cc2noc(C3CCCC3)n2)C1. The van der Waals surface area contributed by atoms with E-state index in [1.807, 2.05) is 0 Å². The van der Waals surface area contributed by atoms with Crippen LogP contribution in [-0.4, -0.2) is 38.3 Å². The zero-order valence-electron chi connectivity index (χ0n) is 15.5. The molecular formula is C19H27N5O2. The standard InChI is InChI=1S/C19H27N5O2/c1-19(18-21-16(23-26-18)13-7-8-13)9-4-10-24(12-19)11-15-20-17(25-22-15)14-5-2-3-6-14/h13-14H,2-12H2,1H3/t19-/m0/s1. The summed E-state index contributed by atoms with van der Waals surface area (Å²) in [4.78, 5) is 11.8. The highest BCUT2D eigenvalue weighted by atomic mass is 16.5. The van der Waals surface area contributed by atoms with Gasteiger partial charge >= 0.3 is 0 Å². The van der Waals surface area contributed by atoms with Crippen molar-refractivity contribution in [2.45, 2.75) is 82.1 Å². The quantitative estimate of drug-likeness (QED) is 0.809. The van der Waals surface area contributed by atoms with Gasteiger partial charge in [0.15, 0.2) is 11.6 Å². The normalized spacial score (nSPS) is 28.0. The molecule has 0 bridgehead atoms. The van der Waals surface area contributed by atoms with Gasteiger partial charge in [0.2, 0.25) is 11.8 Å². The molecule has 0 N–H and O–H groups in total. The molecule has 1 aliphatic heterocycles. The Morgan fingerprint density at radius 3 is 2.65 bits per heavy atom. The van der Waals surface area contributed by atoms with Gasteiger partial charge in [0.05, 0.1) is 12.0 Å². The summed E-state index contributed by atoms with van der Waals surface area (Å²) >= 11 is 0. The molecule has 2 aliphatic carbocycles. The Bertz CT molecular complexity index is 762. The predicted molar refractivity (Wildman–Crippen MR) is 93.6 cm³/mol. The van der Waals surface area contributed by atoms with Crippen molar-refractivity contribution < 1.29 is 9.05 Å². The first-order valence-electron chi connectivity index (χ1n) is 10.1. The molecular weight excluding hydrogens is 330 g/mol. The third kappa shape index (κ3) is 3.17. The van der Waals surface area contributed by atoms with Crippen LogP contribution in [0, 0.1) is 0 Å². The molecule has 2 saturated carbocycles. The van der Waals surface area contributed by atoms with Crippen molar-refractivity contribution in [3.63, 3.8) is 0 Å². The Morgan fingerprint density at radius 2 is 1.85 bits per heavy atom. The smallest absolute Gasteiger partial charge is 0.233 e. The Morgan fingerprint density at radius 1 is 1.00 bits per heavy atom. The summed E-state index contributed by atoms with van der Waals surface area (Å²) in [5, 5.41) is 8.44. The molecule has 3 heterocycles. The van der Waals surface area contributed by atoms with Crippen LogP contribution >= 0.6 is 0 Å². The number of rotatable bonds is 5. The molecule has 7 nitrogen and oxygen atoms in total. The van der Waals surface area contributed by atoms with E-state index in [1.165, 1.54) is 38.5 Å². The molecule has 0 spiro atoms. The Kier molecular flexibility index (Phi) is 4.07. The van der Waals surface area contributed by atoms with Crippen molar-refractivity contribution in [3.05, 3.63) is 23.4 Å². The first-order chi connectivity index (χ1) is 12.7. The molecule has 1 saturated heterocycles. The molecule has 0 radical (unpaired) electrons. The van der Waals surface area contributed by atoms with Crippen molar-refractivity contribution in [2.75, 3.05) is 13.1 Å². The second kappa shape index (κ2) is 6.44. The maximum atomic E-state index is 5.64. The van der Waals surface area contributed by atoms with Crippen LogP contribution in [0.3, 0.4) is 0 Å². The zero-order chi connectivity index (χ0) is 17.6. The van der Waals surface area contributed by atoms with Gasteiger partial charge in [-0.25, -0.2) is 0 Å². The van der Waals surface area contributed by atoms with Gasteiger partial charge in [-0.05, 0) is 52.0 Å². The summed E-state index contributed by atoms with van der Waals surface area (Å²) in [6.07, 6.45) is 9.51. The molecule has 2 aromatic rings. The third-order valence-electron chi connectivity index (χ3n) is 6.23. The predicted octanol–water partition coefficient (Wildman–Crippen LogP) is 3.54. The lowest BCUT2D eigenvalue weighted by Gasteiger charge is -2.37. The molecule has 0 amide bonds. The van der Waals surface area contributed by atoms with E-state index >= 15 is 0 Å². The maximum absolute atomic E-state index is 5.64. The van der Waals surface area contributed by atoms with Gasteiger partial charge in [0, 0.05) is 18.4 Å². The van der Waals surface area contributed by atoms with Crippen LogP contribution in [0.25, 0.3) is 0 Å². The molecule has 2 aromatic heterocycles. The number of hydrogen-bond acceptors (Lipinski definition) is 7. The lowest BCUT2D eigenvalue weighted by Crippen LogP contribution is -2.44. The summed E-state index contributed by atoms with van der Waals surface area (Å²) in [6.45, 7) is 4.91. The highest BCUT2D eigenvalue weighted by Crippen LogP contribution is 2.40. The van der Waals surface area contributed by atoms with Gasteiger partial charge in [-0.3, -0.25) is 4.90 Å². The van der Waals surface area contributed by atoms with Gasteiger partial charge in [-0.1, -0.05) is 23.2 Å². The fourth-order valence-electron chi connectivity index (χ4n) is 4.51. The summed E-state index contributed by atoms with van der Waals surface area (Å²) < 4.78 is 11.2. The number of nitrogens with zero attached hydrogens (tertiary/aromatic N) is 5. The van der Waals surface area contributed by atoms with Crippen LogP contribution in [0.4, 0.5) is 0 Å². The third-order valence-corrected chi connectivity index (χ3v) is 6.23. The highest BCUT2D eigenvalue weighted by molar-refractivity contribution is 5.11. The van der Waals surface area contributed by atoms with Crippen molar-refractivity contribution in [1.82, 2.24) is 25.2 Å². The lowest BCUT2D eigenvalue weighted by atomic mass is 9.81. The van der Waals surface area contributed by atoms with Gasteiger partial charge < -0.3 is 9.05 Å². The van der Waals surface area contributed by atoms with E-state index in [0.29, 0.717) is 11.8 Å². The van der Waals surface area contributed by atoms with Crippen molar-refractivity contribution in [3.8, 4) is 0 Å². The Hall–Kier alpha value is -1.76. The van der Waals surface area contributed by atoms with Crippen LogP contribution < -0.4 is 0 Å². The molecule has 26 heavy (non-hydrogen) atoms. The largest absolute Gasteiger partial charge is 0.339 e. The Labute approximate surface area is 153 Å². The summed E-state index contributed by atoms with van der Waals surface area (Å²) in [5.74, 6) is 4.34. The first kappa shape index (κ1) is 16.4. The van der Waals surface area contributed by atoms with E-state index in [4.69, 9.17) is 14.0 Å². The number of piperidine rings is 1. The van der Waals surface area contributed by atoms with E-state index < -0.39 is 0 Å². The van der Waals surface area contributed by atoms with Crippen LogP contribution in [0.15, 0.2) is 9.05 Å². The molecule has 3 fully saturated rings. The van der Waals surface area contributed by atoms with E-state index in [0.717, 1.165) is 55.9 Å². The molecule has 0 unspecified atom stereocenters. The average molecular weight is 357 g/mol. The van der Waals surface area contributed by atoms with Gasteiger partial charge in [0.1, 0.15) is 0 Å². The van der Waals surface area contributed by atoms with Crippen LogP contribution in [0.1, 0.15) is 93.6 Å². The summed E-state index contributed by atoms with van der Waals surface area (Å²) in [5.41, 5.74) is -0.0869. The molecule has 7 heteroatoms.